The van der Waals surface area contributed by atoms with E-state index in [0.717, 1.165) is 19.5 Å². The van der Waals surface area contributed by atoms with Crippen LogP contribution in [0.1, 0.15) is 23.7 Å². The number of halogens is 3. The fraction of sp³-hybridized carbons (Fsp3) is 0.429. The van der Waals surface area contributed by atoms with Crippen LogP contribution in [0.15, 0.2) is 18.5 Å². The first-order valence-corrected chi connectivity index (χ1v) is 6.79. The standard InChI is InChI=1S/C14H17FN4O.2ClH/c1-8-2-3-16-6-12(8)19-14(20)10-4-9(15)5-11-13(10)18-7-17-11;;/h4-5,7-8,12,16H,2-3,6H2,1H3,(H,17,18)(H,19,20);2*1H. The number of aromatic nitrogens is 2. The van der Waals surface area contributed by atoms with Crippen molar-refractivity contribution >= 4 is 41.8 Å². The zero-order valence-corrected chi connectivity index (χ0v) is 13.7. The number of hydrogen-bond donors (Lipinski definition) is 3. The summed E-state index contributed by atoms with van der Waals surface area (Å²) in [4.78, 5) is 19.3. The highest BCUT2D eigenvalue weighted by Gasteiger charge is 2.24. The van der Waals surface area contributed by atoms with Crippen LogP contribution in [0.2, 0.25) is 0 Å². The third kappa shape index (κ3) is 3.69. The number of hydrogen-bond acceptors (Lipinski definition) is 3. The molecule has 3 N–H and O–H groups in total. The van der Waals surface area contributed by atoms with E-state index in [2.05, 4.69) is 27.5 Å². The molecular formula is C14H19Cl2FN4O. The lowest BCUT2D eigenvalue weighted by Crippen LogP contribution is -2.50. The van der Waals surface area contributed by atoms with E-state index < -0.39 is 5.82 Å². The second-order valence-electron chi connectivity index (χ2n) is 5.30. The average Bonchev–Trinajstić information content (AvgIpc) is 2.88. The Bertz CT molecular complexity index is 649. The number of nitrogens with zero attached hydrogens (tertiary/aromatic N) is 1. The Morgan fingerprint density at radius 2 is 2.18 bits per heavy atom. The van der Waals surface area contributed by atoms with Crippen LogP contribution < -0.4 is 10.6 Å². The number of nitrogens with one attached hydrogen (secondary N) is 3. The van der Waals surface area contributed by atoms with Gasteiger partial charge in [0.1, 0.15) is 11.3 Å². The number of carbonyl (C=O) groups is 1. The average molecular weight is 349 g/mol. The molecule has 122 valence electrons. The van der Waals surface area contributed by atoms with Crippen LogP contribution >= 0.6 is 24.8 Å². The minimum atomic E-state index is -0.443. The molecule has 1 amide bonds. The summed E-state index contributed by atoms with van der Waals surface area (Å²) >= 11 is 0. The van der Waals surface area contributed by atoms with Crippen molar-refractivity contribution in [2.45, 2.75) is 19.4 Å². The number of piperidine rings is 1. The normalized spacial score (nSPS) is 20.8. The number of imidazole rings is 1. The molecule has 1 aromatic heterocycles. The molecule has 3 rings (SSSR count). The molecule has 2 aromatic rings. The lowest BCUT2D eigenvalue weighted by molar-refractivity contribution is 0.0916. The van der Waals surface area contributed by atoms with Gasteiger partial charge < -0.3 is 15.6 Å². The Kier molecular flexibility index (Phi) is 6.59. The number of benzene rings is 1. The van der Waals surface area contributed by atoms with Gasteiger partial charge in [-0.2, -0.15) is 0 Å². The molecule has 1 saturated heterocycles. The van der Waals surface area contributed by atoms with Gasteiger partial charge in [0.15, 0.2) is 0 Å². The SMILES string of the molecule is CC1CCNCC1NC(=O)c1cc(F)cc2[nH]cnc12.Cl.Cl. The predicted octanol–water partition coefficient (Wildman–Crippen LogP) is 2.27. The van der Waals surface area contributed by atoms with Crippen molar-refractivity contribution in [2.24, 2.45) is 5.92 Å². The number of aromatic amines is 1. The van der Waals surface area contributed by atoms with Gasteiger partial charge in [-0.15, -0.1) is 24.8 Å². The van der Waals surface area contributed by atoms with Crippen LogP contribution in [0.25, 0.3) is 11.0 Å². The van der Waals surface area contributed by atoms with E-state index in [1.165, 1.54) is 18.5 Å². The lowest BCUT2D eigenvalue weighted by atomic mass is 9.94. The number of rotatable bonds is 2. The lowest BCUT2D eigenvalue weighted by Gasteiger charge is -2.30. The van der Waals surface area contributed by atoms with Crippen molar-refractivity contribution in [2.75, 3.05) is 13.1 Å². The molecule has 8 heteroatoms. The maximum atomic E-state index is 13.6. The number of H-pyrrole nitrogens is 1. The molecule has 2 unspecified atom stereocenters. The Hall–Kier alpha value is -1.37. The highest BCUT2D eigenvalue weighted by Crippen LogP contribution is 2.18. The van der Waals surface area contributed by atoms with Crippen LogP contribution in [0, 0.1) is 11.7 Å². The first kappa shape index (κ1) is 18.7. The Morgan fingerprint density at radius 3 is 2.91 bits per heavy atom. The van der Waals surface area contributed by atoms with E-state index in [1.54, 1.807) is 0 Å². The molecule has 1 aliphatic heterocycles. The molecular weight excluding hydrogens is 330 g/mol. The van der Waals surface area contributed by atoms with Crippen LogP contribution in [-0.4, -0.2) is 35.0 Å². The molecule has 0 radical (unpaired) electrons. The maximum absolute atomic E-state index is 13.6. The zero-order chi connectivity index (χ0) is 14.1. The van der Waals surface area contributed by atoms with Crippen molar-refractivity contribution < 1.29 is 9.18 Å². The van der Waals surface area contributed by atoms with Crippen molar-refractivity contribution in [3.63, 3.8) is 0 Å². The highest BCUT2D eigenvalue weighted by atomic mass is 35.5. The van der Waals surface area contributed by atoms with Crippen molar-refractivity contribution in [1.29, 1.82) is 0 Å². The van der Waals surface area contributed by atoms with E-state index in [-0.39, 0.29) is 42.3 Å². The van der Waals surface area contributed by atoms with E-state index in [0.29, 0.717) is 17.0 Å². The summed E-state index contributed by atoms with van der Waals surface area (Å²) in [7, 11) is 0. The number of amides is 1. The molecule has 0 spiro atoms. The van der Waals surface area contributed by atoms with E-state index in [1.807, 2.05) is 0 Å². The fourth-order valence-electron chi connectivity index (χ4n) is 2.62. The van der Waals surface area contributed by atoms with Gasteiger partial charge in [-0.3, -0.25) is 4.79 Å². The maximum Gasteiger partial charge on any atom is 0.253 e. The molecule has 5 nitrogen and oxygen atoms in total. The molecule has 22 heavy (non-hydrogen) atoms. The van der Waals surface area contributed by atoms with Gasteiger partial charge in [-0.05, 0) is 31.0 Å². The second kappa shape index (κ2) is 7.76. The summed E-state index contributed by atoms with van der Waals surface area (Å²) in [5, 5.41) is 6.23. The largest absolute Gasteiger partial charge is 0.348 e. The summed E-state index contributed by atoms with van der Waals surface area (Å²) in [5.41, 5.74) is 1.31. The predicted molar refractivity (Wildman–Crippen MR) is 88.5 cm³/mol. The Labute approximate surface area is 140 Å². The quantitative estimate of drug-likeness (QED) is 0.779. The van der Waals surface area contributed by atoms with Gasteiger partial charge in [-0.1, -0.05) is 6.92 Å². The molecule has 0 bridgehead atoms. The van der Waals surface area contributed by atoms with Crippen LogP contribution in [-0.2, 0) is 0 Å². The van der Waals surface area contributed by atoms with Crippen molar-refractivity contribution in [3.05, 3.63) is 29.8 Å². The third-order valence-electron chi connectivity index (χ3n) is 3.88. The summed E-state index contributed by atoms with van der Waals surface area (Å²) in [6.07, 6.45) is 2.48. The van der Waals surface area contributed by atoms with Gasteiger partial charge in [0.05, 0.1) is 17.4 Å². The molecule has 0 saturated carbocycles. The van der Waals surface area contributed by atoms with Crippen molar-refractivity contribution in [3.8, 4) is 0 Å². The summed E-state index contributed by atoms with van der Waals surface area (Å²) < 4.78 is 13.6. The van der Waals surface area contributed by atoms with E-state index in [4.69, 9.17) is 0 Å². The highest BCUT2D eigenvalue weighted by molar-refractivity contribution is 6.04. The number of carbonyl (C=O) groups excluding carboxylic acids is 1. The summed E-state index contributed by atoms with van der Waals surface area (Å²) in [5.74, 6) is -0.313. The van der Waals surface area contributed by atoms with Crippen LogP contribution in [0.5, 0.6) is 0 Å². The second-order valence-corrected chi connectivity index (χ2v) is 5.30. The molecule has 1 aromatic carbocycles. The van der Waals surface area contributed by atoms with Gasteiger partial charge in [0, 0.05) is 12.6 Å². The fourth-order valence-corrected chi connectivity index (χ4v) is 2.62. The Balaban J connectivity index is 0.00000121. The van der Waals surface area contributed by atoms with Gasteiger partial charge in [-0.25, -0.2) is 9.37 Å². The molecule has 2 atom stereocenters. The monoisotopic (exact) mass is 348 g/mol. The molecule has 2 heterocycles. The molecule has 1 fully saturated rings. The minimum absolute atomic E-state index is 0. The van der Waals surface area contributed by atoms with E-state index >= 15 is 0 Å². The first-order valence-electron chi connectivity index (χ1n) is 6.79. The zero-order valence-electron chi connectivity index (χ0n) is 12.1. The molecule has 1 aliphatic rings. The van der Waals surface area contributed by atoms with E-state index in [9.17, 15) is 9.18 Å². The molecule has 0 aliphatic carbocycles. The number of fused-ring (bicyclic) bond motifs is 1. The smallest absolute Gasteiger partial charge is 0.253 e. The van der Waals surface area contributed by atoms with Crippen LogP contribution in [0.4, 0.5) is 4.39 Å². The van der Waals surface area contributed by atoms with Crippen molar-refractivity contribution in [1.82, 2.24) is 20.6 Å². The van der Waals surface area contributed by atoms with Crippen LogP contribution in [0.3, 0.4) is 0 Å². The third-order valence-corrected chi connectivity index (χ3v) is 3.88. The first-order chi connectivity index (χ1) is 9.65. The Morgan fingerprint density at radius 1 is 1.41 bits per heavy atom. The summed E-state index contributed by atoms with van der Waals surface area (Å²) in [6, 6.07) is 2.64. The minimum Gasteiger partial charge on any atom is -0.348 e. The summed E-state index contributed by atoms with van der Waals surface area (Å²) in [6.45, 7) is 3.82. The van der Waals surface area contributed by atoms with Gasteiger partial charge in [0.2, 0.25) is 0 Å². The van der Waals surface area contributed by atoms with Gasteiger partial charge in [0.25, 0.3) is 5.91 Å². The topological polar surface area (TPSA) is 69.8 Å². The van der Waals surface area contributed by atoms with Gasteiger partial charge >= 0.3 is 0 Å².